The summed E-state index contributed by atoms with van der Waals surface area (Å²) in [6, 6.07) is 10.2. The van der Waals surface area contributed by atoms with Crippen LogP contribution in [0.15, 0.2) is 30.3 Å². The normalized spacial score (nSPS) is 28.6. The predicted octanol–water partition coefficient (Wildman–Crippen LogP) is 2.94. The van der Waals surface area contributed by atoms with Crippen LogP contribution >= 0.6 is 0 Å². The second kappa shape index (κ2) is 6.16. The van der Waals surface area contributed by atoms with E-state index in [1.807, 2.05) is 25.1 Å². The molecule has 1 aliphatic rings. The Morgan fingerprint density at radius 1 is 1.22 bits per heavy atom. The van der Waals surface area contributed by atoms with Gasteiger partial charge in [0, 0.05) is 24.3 Å². The maximum atomic E-state index is 12.9. The van der Waals surface area contributed by atoms with Crippen molar-refractivity contribution < 1.29 is 4.79 Å². The molecule has 0 saturated carbocycles. The highest BCUT2D eigenvalue weighted by Gasteiger charge is 2.48. The van der Waals surface area contributed by atoms with Gasteiger partial charge in [0.1, 0.15) is 5.54 Å². The number of anilines is 1. The van der Waals surface area contributed by atoms with Crippen molar-refractivity contribution in [2.24, 2.45) is 0 Å². The van der Waals surface area contributed by atoms with Gasteiger partial charge in [-0.2, -0.15) is 0 Å². The van der Waals surface area contributed by atoms with Crippen molar-refractivity contribution in [3.63, 3.8) is 0 Å². The number of carbonyl (C=O) groups excluding carboxylic acids is 1. The molecular formula is C19H31N3O. The summed E-state index contributed by atoms with van der Waals surface area (Å²) in [4.78, 5) is 15.2. The summed E-state index contributed by atoms with van der Waals surface area (Å²) < 4.78 is 0. The first kappa shape index (κ1) is 17.8. The number of carbonyl (C=O) groups is 1. The molecule has 2 unspecified atom stereocenters. The Labute approximate surface area is 140 Å². The summed E-state index contributed by atoms with van der Waals surface area (Å²) in [6.45, 7) is 14.2. The molecule has 0 radical (unpaired) electrons. The highest BCUT2D eigenvalue weighted by molar-refractivity contribution is 5.91. The van der Waals surface area contributed by atoms with E-state index in [9.17, 15) is 4.79 Å². The Morgan fingerprint density at radius 3 is 2.35 bits per heavy atom. The van der Waals surface area contributed by atoms with Crippen LogP contribution in [0.4, 0.5) is 5.69 Å². The molecule has 2 rings (SSSR count). The van der Waals surface area contributed by atoms with Crippen LogP contribution < -0.4 is 15.5 Å². The van der Waals surface area contributed by atoms with Gasteiger partial charge in [-0.05, 0) is 53.2 Å². The van der Waals surface area contributed by atoms with Crippen molar-refractivity contribution in [1.29, 1.82) is 0 Å². The van der Waals surface area contributed by atoms with Crippen molar-refractivity contribution in [3.05, 3.63) is 30.3 Å². The van der Waals surface area contributed by atoms with E-state index in [-0.39, 0.29) is 17.0 Å². The monoisotopic (exact) mass is 317 g/mol. The molecule has 1 aliphatic heterocycles. The third kappa shape index (κ3) is 3.86. The summed E-state index contributed by atoms with van der Waals surface area (Å²) in [5.41, 5.74) is 0.322. The number of hydrogen-bond donors (Lipinski definition) is 2. The van der Waals surface area contributed by atoms with Crippen LogP contribution in [0.25, 0.3) is 0 Å². The van der Waals surface area contributed by atoms with Gasteiger partial charge < -0.3 is 15.5 Å². The quantitative estimate of drug-likeness (QED) is 0.897. The number of piperazine rings is 1. The molecule has 2 N–H and O–H groups in total. The van der Waals surface area contributed by atoms with Gasteiger partial charge >= 0.3 is 0 Å². The second-order valence-corrected chi connectivity index (χ2v) is 8.17. The molecule has 4 nitrogen and oxygen atoms in total. The number of benzene rings is 1. The Hall–Kier alpha value is -1.55. The molecule has 0 aromatic heterocycles. The number of hydrogen-bond acceptors (Lipinski definition) is 3. The van der Waals surface area contributed by atoms with Gasteiger partial charge in [-0.1, -0.05) is 25.1 Å². The van der Waals surface area contributed by atoms with Crippen LogP contribution in [0.5, 0.6) is 0 Å². The Bertz CT molecular complexity index is 551. The molecule has 128 valence electrons. The number of nitrogens with zero attached hydrogens (tertiary/aromatic N) is 1. The van der Waals surface area contributed by atoms with E-state index in [0.29, 0.717) is 0 Å². The lowest BCUT2D eigenvalue weighted by Gasteiger charge is -2.52. The molecule has 1 aromatic rings. The van der Waals surface area contributed by atoms with Gasteiger partial charge in [-0.15, -0.1) is 0 Å². The van der Waals surface area contributed by atoms with E-state index in [4.69, 9.17) is 0 Å². The largest absolute Gasteiger partial charge is 0.355 e. The zero-order valence-electron chi connectivity index (χ0n) is 15.4. The van der Waals surface area contributed by atoms with E-state index in [2.05, 4.69) is 62.3 Å². The first-order chi connectivity index (χ1) is 10.6. The average Bonchev–Trinajstić information content (AvgIpc) is 2.49. The van der Waals surface area contributed by atoms with Gasteiger partial charge in [-0.25, -0.2) is 0 Å². The van der Waals surface area contributed by atoms with Crippen molar-refractivity contribution in [1.82, 2.24) is 10.6 Å². The number of para-hydroxylation sites is 1. The highest BCUT2D eigenvalue weighted by Crippen LogP contribution is 2.32. The fourth-order valence-electron chi connectivity index (χ4n) is 2.99. The van der Waals surface area contributed by atoms with Crippen molar-refractivity contribution in [3.8, 4) is 0 Å². The number of amides is 1. The Morgan fingerprint density at radius 2 is 1.83 bits per heavy atom. The van der Waals surface area contributed by atoms with Crippen LogP contribution in [0.3, 0.4) is 0 Å². The maximum Gasteiger partial charge on any atom is 0.246 e. The van der Waals surface area contributed by atoms with Crippen LogP contribution in [0.2, 0.25) is 0 Å². The lowest BCUT2D eigenvalue weighted by molar-refractivity contribution is -0.130. The van der Waals surface area contributed by atoms with E-state index in [1.54, 1.807) is 0 Å². The lowest BCUT2D eigenvalue weighted by Crippen LogP contribution is -2.74. The van der Waals surface area contributed by atoms with E-state index < -0.39 is 5.54 Å². The van der Waals surface area contributed by atoms with Gasteiger partial charge in [-0.3, -0.25) is 4.79 Å². The topological polar surface area (TPSA) is 44.4 Å². The van der Waals surface area contributed by atoms with Crippen LogP contribution in [-0.2, 0) is 4.79 Å². The van der Waals surface area contributed by atoms with E-state index in [1.165, 1.54) is 0 Å². The zero-order chi connectivity index (χ0) is 17.3. The third-order valence-corrected chi connectivity index (χ3v) is 4.77. The average molecular weight is 317 g/mol. The number of nitrogens with one attached hydrogen (secondary N) is 2. The van der Waals surface area contributed by atoms with E-state index >= 15 is 0 Å². The molecule has 1 heterocycles. The second-order valence-electron chi connectivity index (χ2n) is 8.17. The van der Waals surface area contributed by atoms with Gasteiger partial charge in [0.2, 0.25) is 5.91 Å². The highest BCUT2D eigenvalue weighted by atomic mass is 16.2. The van der Waals surface area contributed by atoms with Gasteiger partial charge in [0.15, 0.2) is 0 Å². The smallest absolute Gasteiger partial charge is 0.246 e. The molecule has 1 amide bonds. The fraction of sp³-hybridized carbons (Fsp3) is 0.632. The minimum atomic E-state index is -0.511. The zero-order valence-corrected chi connectivity index (χ0v) is 15.4. The predicted molar refractivity (Wildman–Crippen MR) is 96.8 cm³/mol. The summed E-state index contributed by atoms with van der Waals surface area (Å²) in [6.07, 6.45) is 0.774. The van der Waals surface area contributed by atoms with Crippen molar-refractivity contribution >= 4 is 11.6 Å². The summed E-state index contributed by atoms with van der Waals surface area (Å²) in [5, 5.41) is 6.79. The van der Waals surface area contributed by atoms with Crippen molar-refractivity contribution in [2.45, 2.75) is 64.6 Å². The standard InChI is InChI=1S/C19H31N3O/c1-7-19(6)16(23)21-18(5,13-20-17(2,3)4)14-22(19)15-11-9-8-10-12-15/h8-12,20H,7,13-14H2,1-6H3,(H,21,23). The molecule has 23 heavy (non-hydrogen) atoms. The lowest BCUT2D eigenvalue weighted by atomic mass is 9.85. The molecule has 0 aliphatic carbocycles. The first-order valence-corrected chi connectivity index (χ1v) is 8.50. The van der Waals surface area contributed by atoms with Gasteiger partial charge in [0.25, 0.3) is 0 Å². The molecule has 4 heteroatoms. The molecular weight excluding hydrogens is 286 g/mol. The first-order valence-electron chi connectivity index (χ1n) is 8.50. The maximum absolute atomic E-state index is 12.9. The molecule has 0 spiro atoms. The molecule has 0 bridgehead atoms. The minimum absolute atomic E-state index is 0.0246. The molecule has 1 aromatic carbocycles. The summed E-state index contributed by atoms with van der Waals surface area (Å²) in [7, 11) is 0. The summed E-state index contributed by atoms with van der Waals surface area (Å²) >= 11 is 0. The van der Waals surface area contributed by atoms with Crippen LogP contribution in [-0.4, -0.2) is 35.6 Å². The molecule has 1 fully saturated rings. The summed E-state index contributed by atoms with van der Waals surface area (Å²) in [5.74, 6) is 0.105. The molecule has 1 saturated heterocycles. The van der Waals surface area contributed by atoms with E-state index in [0.717, 1.165) is 25.2 Å². The third-order valence-electron chi connectivity index (χ3n) is 4.77. The van der Waals surface area contributed by atoms with Crippen LogP contribution in [0, 0.1) is 0 Å². The Balaban J connectivity index is 2.31. The van der Waals surface area contributed by atoms with Gasteiger partial charge in [0.05, 0.1) is 5.54 Å². The Kier molecular flexibility index (Phi) is 4.76. The SMILES string of the molecule is CCC1(C)C(=O)NC(C)(CNC(C)(C)C)CN1c1ccccc1. The van der Waals surface area contributed by atoms with Crippen LogP contribution in [0.1, 0.15) is 48.0 Å². The number of rotatable bonds is 4. The minimum Gasteiger partial charge on any atom is -0.355 e. The van der Waals surface area contributed by atoms with Crippen molar-refractivity contribution in [2.75, 3.05) is 18.0 Å². The molecule has 2 atom stereocenters. The fourth-order valence-corrected chi connectivity index (χ4v) is 2.99.